The lowest BCUT2D eigenvalue weighted by Crippen LogP contribution is -2.27. The van der Waals surface area contributed by atoms with E-state index in [1.165, 1.54) is 6.07 Å². The van der Waals surface area contributed by atoms with Crippen LogP contribution in [0.5, 0.6) is 5.75 Å². The van der Waals surface area contributed by atoms with Crippen LogP contribution in [-0.2, 0) is 16.6 Å². The Hall–Kier alpha value is -2.41. The molecule has 1 atom stereocenters. The van der Waals surface area contributed by atoms with Crippen molar-refractivity contribution in [3.8, 4) is 5.75 Å². The monoisotopic (exact) mass is 402 g/mol. The number of ether oxygens (including phenoxy) is 1. The van der Waals surface area contributed by atoms with E-state index in [0.29, 0.717) is 12.4 Å². The molecule has 0 aliphatic heterocycles. The van der Waals surface area contributed by atoms with E-state index in [9.17, 15) is 8.42 Å². The van der Waals surface area contributed by atoms with E-state index < -0.39 is 16.1 Å². The van der Waals surface area contributed by atoms with Crippen LogP contribution in [0.15, 0.2) is 78.0 Å². The molecule has 0 saturated heterocycles. The Morgan fingerprint density at radius 2 is 1.81 bits per heavy atom. The molecule has 1 heterocycles. The normalized spacial score (nSPS) is 12.5. The minimum absolute atomic E-state index is 0.0648. The minimum atomic E-state index is -3.71. The summed E-state index contributed by atoms with van der Waals surface area (Å²) < 4.78 is 33.4. The van der Waals surface area contributed by atoms with Gasteiger partial charge in [-0.3, -0.25) is 4.98 Å². The van der Waals surface area contributed by atoms with Crippen molar-refractivity contribution in [1.29, 1.82) is 0 Å². The number of rotatable bonds is 7. The van der Waals surface area contributed by atoms with Gasteiger partial charge in [0.25, 0.3) is 0 Å². The first-order valence-electron chi connectivity index (χ1n) is 8.34. The van der Waals surface area contributed by atoms with Gasteiger partial charge in [-0.25, -0.2) is 13.1 Å². The van der Waals surface area contributed by atoms with Gasteiger partial charge in [-0.15, -0.1) is 0 Å². The van der Waals surface area contributed by atoms with Crippen molar-refractivity contribution < 1.29 is 13.2 Å². The largest absolute Gasteiger partial charge is 0.489 e. The number of nitrogens with zero attached hydrogens (tertiary/aromatic N) is 1. The second-order valence-electron chi connectivity index (χ2n) is 5.99. The van der Waals surface area contributed by atoms with E-state index in [2.05, 4.69) is 9.71 Å². The number of nitrogens with one attached hydrogen (secondary N) is 1. The summed E-state index contributed by atoms with van der Waals surface area (Å²) >= 11 is 6.00. The highest BCUT2D eigenvalue weighted by molar-refractivity contribution is 7.89. The molecule has 0 fully saturated rings. The van der Waals surface area contributed by atoms with Crippen molar-refractivity contribution in [2.24, 2.45) is 0 Å². The zero-order valence-corrected chi connectivity index (χ0v) is 16.2. The number of hydrogen-bond donors (Lipinski definition) is 1. The van der Waals surface area contributed by atoms with Crippen LogP contribution < -0.4 is 9.46 Å². The van der Waals surface area contributed by atoms with Crippen molar-refractivity contribution in [2.75, 3.05) is 0 Å². The fourth-order valence-corrected chi connectivity index (χ4v) is 4.28. The summed E-state index contributed by atoms with van der Waals surface area (Å²) in [6, 6.07) is 17.0. The first kappa shape index (κ1) is 19.4. The Kier molecular flexibility index (Phi) is 6.11. The van der Waals surface area contributed by atoms with Crippen LogP contribution >= 0.6 is 11.6 Å². The van der Waals surface area contributed by atoms with E-state index >= 15 is 0 Å². The van der Waals surface area contributed by atoms with Crippen LogP contribution in [0.2, 0.25) is 5.02 Å². The second-order valence-corrected chi connectivity index (χ2v) is 8.08. The van der Waals surface area contributed by atoms with Gasteiger partial charge in [0, 0.05) is 24.0 Å². The van der Waals surface area contributed by atoms with E-state index in [0.717, 1.165) is 11.1 Å². The SMILES string of the molecule is CC(NS(=O)(=O)c1ccccc1Cl)c1ccc(OCc2cccnc2)cc1. The van der Waals surface area contributed by atoms with Crippen molar-refractivity contribution in [3.05, 3.63) is 89.2 Å². The maximum Gasteiger partial charge on any atom is 0.242 e. The number of pyridine rings is 1. The highest BCUT2D eigenvalue weighted by Gasteiger charge is 2.20. The lowest BCUT2D eigenvalue weighted by molar-refractivity contribution is 0.305. The van der Waals surface area contributed by atoms with Crippen molar-refractivity contribution in [3.63, 3.8) is 0 Å². The van der Waals surface area contributed by atoms with Gasteiger partial charge in [0.15, 0.2) is 0 Å². The topological polar surface area (TPSA) is 68.3 Å². The number of aromatic nitrogens is 1. The van der Waals surface area contributed by atoms with Crippen molar-refractivity contribution in [1.82, 2.24) is 9.71 Å². The maximum atomic E-state index is 12.5. The van der Waals surface area contributed by atoms with Gasteiger partial charge in [-0.2, -0.15) is 0 Å². The summed E-state index contributed by atoms with van der Waals surface area (Å²) in [5, 5.41) is 0.191. The second kappa shape index (κ2) is 8.52. The van der Waals surface area contributed by atoms with E-state index in [4.69, 9.17) is 16.3 Å². The van der Waals surface area contributed by atoms with Gasteiger partial charge < -0.3 is 4.74 Å². The summed E-state index contributed by atoms with van der Waals surface area (Å²) in [4.78, 5) is 4.11. The molecule has 0 bridgehead atoms. The maximum absolute atomic E-state index is 12.5. The van der Waals surface area contributed by atoms with Gasteiger partial charge in [0.1, 0.15) is 17.3 Å². The third-order valence-electron chi connectivity index (χ3n) is 3.97. The molecule has 27 heavy (non-hydrogen) atoms. The first-order chi connectivity index (χ1) is 13.0. The Morgan fingerprint density at radius 3 is 2.48 bits per heavy atom. The molecule has 5 nitrogen and oxygen atoms in total. The Morgan fingerprint density at radius 1 is 1.07 bits per heavy atom. The van der Waals surface area contributed by atoms with Crippen molar-refractivity contribution >= 4 is 21.6 Å². The van der Waals surface area contributed by atoms with Gasteiger partial charge in [-0.05, 0) is 42.8 Å². The van der Waals surface area contributed by atoms with Crippen LogP contribution in [0.1, 0.15) is 24.1 Å². The predicted molar refractivity (Wildman–Crippen MR) is 105 cm³/mol. The highest BCUT2D eigenvalue weighted by atomic mass is 35.5. The molecule has 0 aliphatic rings. The standard InChI is InChI=1S/C20H19ClN2O3S/c1-15(23-27(24,25)20-7-3-2-6-19(20)21)17-8-10-18(11-9-17)26-14-16-5-4-12-22-13-16/h2-13,15,23H,14H2,1H3. The smallest absolute Gasteiger partial charge is 0.242 e. The number of benzene rings is 2. The van der Waals surface area contributed by atoms with E-state index in [1.807, 2.05) is 36.4 Å². The molecule has 1 N–H and O–H groups in total. The van der Waals surface area contributed by atoms with Gasteiger partial charge in [-0.1, -0.05) is 41.9 Å². The average molecular weight is 403 g/mol. The van der Waals surface area contributed by atoms with Crippen molar-refractivity contribution in [2.45, 2.75) is 24.5 Å². The van der Waals surface area contributed by atoms with Crippen LogP contribution in [0, 0.1) is 0 Å². The number of hydrogen-bond acceptors (Lipinski definition) is 4. The van der Waals surface area contributed by atoms with Gasteiger partial charge in [0.2, 0.25) is 10.0 Å². The summed E-state index contributed by atoms with van der Waals surface area (Å²) in [7, 11) is -3.71. The zero-order chi connectivity index (χ0) is 19.3. The molecule has 0 radical (unpaired) electrons. The quantitative estimate of drug-likeness (QED) is 0.637. The summed E-state index contributed by atoms with van der Waals surface area (Å²) in [6.45, 7) is 2.20. The fraction of sp³-hybridized carbons (Fsp3) is 0.150. The predicted octanol–water partition coefficient (Wildman–Crippen LogP) is 4.35. The van der Waals surface area contributed by atoms with Crippen LogP contribution in [0.3, 0.4) is 0 Å². The number of halogens is 1. The molecule has 0 spiro atoms. The summed E-state index contributed by atoms with van der Waals surface area (Å²) in [5.41, 5.74) is 1.79. The van der Waals surface area contributed by atoms with Gasteiger partial charge in [0.05, 0.1) is 5.02 Å². The first-order valence-corrected chi connectivity index (χ1v) is 10.2. The van der Waals surface area contributed by atoms with Gasteiger partial charge >= 0.3 is 0 Å². The Labute approximate surface area is 164 Å². The minimum Gasteiger partial charge on any atom is -0.489 e. The molecule has 1 unspecified atom stereocenters. The molecular formula is C20H19ClN2O3S. The Bertz CT molecular complexity index is 993. The summed E-state index contributed by atoms with van der Waals surface area (Å²) in [5.74, 6) is 0.698. The summed E-state index contributed by atoms with van der Waals surface area (Å²) in [6.07, 6.45) is 3.46. The molecular weight excluding hydrogens is 384 g/mol. The molecule has 3 aromatic rings. The molecule has 3 rings (SSSR count). The zero-order valence-electron chi connectivity index (χ0n) is 14.7. The van der Waals surface area contributed by atoms with E-state index in [-0.39, 0.29) is 9.92 Å². The third-order valence-corrected chi connectivity index (χ3v) is 6.01. The molecule has 2 aromatic carbocycles. The third kappa shape index (κ3) is 5.07. The highest BCUT2D eigenvalue weighted by Crippen LogP contribution is 2.24. The van der Waals surface area contributed by atoms with Crippen LogP contribution in [-0.4, -0.2) is 13.4 Å². The average Bonchev–Trinajstić information content (AvgIpc) is 2.67. The van der Waals surface area contributed by atoms with Crippen LogP contribution in [0.4, 0.5) is 0 Å². The van der Waals surface area contributed by atoms with E-state index in [1.54, 1.807) is 37.5 Å². The Balaban J connectivity index is 1.65. The lowest BCUT2D eigenvalue weighted by atomic mass is 10.1. The lowest BCUT2D eigenvalue weighted by Gasteiger charge is -2.16. The molecule has 0 amide bonds. The van der Waals surface area contributed by atoms with Crippen LogP contribution in [0.25, 0.3) is 0 Å². The molecule has 1 aromatic heterocycles. The molecule has 0 aliphatic carbocycles. The molecule has 7 heteroatoms. The molecule has 140 valence electrons. The molecule has 0 saturated carbocycles. The number of sulfonamides is 1. The fourth-order valence-electron chi connectivity index (χ4n) is 2.53.